The van der Waals surface area contributed by atoms with Crippen molar-refractivity contribution >= 4 is 11.7 Å². The standard InChI is InChI=1S/C12H17NO3/c1-9(2)15-7-8-16-12(14)10-5-3-4-6-11(10)13/h3-6,9H,7-8,13H2,1-2H3. The van der Waals surface area contributed by atoms with Gasteiger partial charge in [0, 0.05) is 5.69 Å². The molecule has 0 aliphatic rings. The maximum Gasteiger partial charge on any atom is 0.340 e. The summed E-state index contributed by atoms with van der Waals surface area (Å²) >= 11 is 0. The van der Waals surface area contributed by atoms with E-state index in [9.17, 15) is 4.79 Å². The van der Waals surface area contributed by atoms with Gasteiger partial charge in [0.2, 0.25) is 0 Å². The van der Waals surface area contributed by atoms with E-state index in [4.69, 9.17) is 15.2 Å². The largest absolute Gasteiger partial charge is 0.460 e. The average Bonchev–Trinajstić information content (AvgIpc) is 2.24. The molecule has 1 aromatic rings. The highest BCUT2D eigenvalue weighted by Crippen LogP contribution is 2.11. The minimum absolute atomic E-state index is 0.139. The van der Waals surface area contributed by atoms with Crippen LogP contribution in [0, 0.1) is 0 Å². The lowest BCUT2D eigenvalue weighted by Crippen LogP contribution is -2.14. The van der Waals surface area contributed by atoms with E-state index >= 15 is 0 Å². The highest BCUT2D eigenvalue weighted by atomic mass is 16.6. The molecule has 16 heavy (non-hydrogen) atoms. The molecular formula is C12H17NO3. The van der Waals surface area contributed by atoms with Crippen LogP contribution in [0.15, 0.2) is 24.3 Å². The van der Waals surface area contributed by atoms with Gasteiger partial charge < -0.3 is 15.2 Å². The lowest BCUT2D eigenvalue weighted by molar-refractivity contribution is 0.0177. The summed E-state index contributed by atoms with van der Waals surface area (Å²) in [5.74, 6) is -0.412. The molecule has 0 aliphatic heterocycles. The number of anilines is 1. The number of nitrogens with two attached hydrogens (primary N) is 1. The van der Waals surface area contributed by atoms with E-state index < -0.39 is 5.97 Å². The Bertz CT molecular complexity index is 350. The van der Waals surface area contributed by atoms with Gasteiger partial charge >= 0.3 is 5.97 Å². The Labute approximate surface area is 95.3 Å². The molecule has 0 amide bonds. The summed E-state index contributed by atoms with van der Waals surface area (Å²) in [6.45, 7) is 4.50. The van der Waals surface area contributed by atoms with Crippen molar-refractivity contribution in [1.82, 2.24) is 0 Å². The number of para-hydroxylation sites is 1. The van der Waals surface area contributed by atoms with E-state index in [0.29, 0.717) is 17.9 Å². The Morgan fingerprint density at radius 2 is 2.00 bits per heavy atom. The second-order valence-electron chi connectivity index (χ2n) is 3.64. The number of esters is 1. The molecule has 0 fully saturated rings. The SMILES string of the molecule is CC(C)OCCOC(=O)c1ccccc1N. The topological polar surface area (TPSA) is 61.5 Å². The van der Waals surface area contributed by atoms with Crippen LogP contribution in [-0.4, -0.2) is 25.3 Å². The van der Waals surface area contributed by atoms with Gasteiger partial charge in [0.05, 0.1) is 18.3 Å². The smallest absolute Gasteiger partial charge is 0.340 e. The maximum absolute atomic E-state index is 11.6. The van der Waals surface area contributed by atoms with Crippen LogP contribution in [0.1, 0.15) is 24.2 Å². The van der Waals surface area contributed by atoms with E-state index in [0.717, 1.165) is 0 Å². The van der Waals surface area contributed by atoms with Crippen molar-refractivity contribution in [3.63, 3.8) is 0 Å². The molecule has 1 rings (SSSR count). The van der Waals surface area contributed by atoms with Crippen LogP contribution in [0.2, 0.25) is 0 Å². The summed E-state index contributed by atoms with van der Waals surface area (Å²) in [5, 5.41) is 0. The Hall–Kier alpha value is -1.55. The zero-order chi connectivity index (χ0) is 12.0. The first-order valence-electron chi connectivity index (χ1n) is 5.24. The summed E-state index contributed by atoms with van der Waals surface area (Å²) < 4.78 is 10.3. The zero-order valence-corrected chi connectivity index (χ0v) is 9.60. The molecule has 88 valence electrons. The number of carbonyl (C=O) groups excluding carboxylic acids is 1. The van der Waals surface area contributed by atoms with Crippen molar-refractivity contribution in [2.45, 2.75) is 20.0 Å². The molecule has 4 nitrogen and oxygen atoms in total. The second kappa shape index (κ2) is 6.12. The van der Waals surface area contributed by atoms with E-state index in [1.165, 1.54) is 0 Å². The number of benzene rings is 1. The van der Waals surface area contributed by atoms with Gasteiger partial charge in [-0.25, -0.2) is 4.79 Å². The predicted octanol–water partition coefficient (Wildman–Crippen LogP) is 1.85. The highest BCUT2D eigenvalue weighted by Gasteiger charge is 2.09. The Morgan fingerprint density at radius 1 is 1.31 bits per heavy atom. The minimum Gasteiger partial charge on any atom is -0.460 e. The van der Waals surface area contributed by atoms with Gasteiger partial charge in [0.1, 0.15) is 6.61 Å². The molecule has 1 aromatic carbocycles. The fourth-order valence-electron chi connectivity index (χ4n) is 1.18. The second-order valence-corrected chi connectivity index (χ2v) is 3.64. The van der Waals surface area contributed by atoms with Crippen LogP contribution in [0.25, 0.3) is 0 Å². The van der Waals surface area contributed by atoms with E-state index in [-0.39, 0.29) is 12.7 Å². The van der Waals surface area contributed by atoms with Gasteiger partial charge in [-0.1, -0.05) is 12.1 Å². The fourth-order valence-corrected chi connectivity index (χ4v) is 1.18. The van der Waals surface area contributed by atoms with Gasteiger partial charge in [-0.3, -0.25) is 0 Å². The van der Waals surface area contributed by atoms with Crippen LogP contribution < -0.4 is 5.73 Å². The molecule has 0 spiro atoms. The lowest BCUT2D eigenvalue weighted by atomic mass is 10.2. The number of ether oxygens (including phenoxy) is 2. The summed E-state index contributed by atoms with van der Waals surface area (Å²) in [4.78, 5) is 11.6. The summed E-state index contributed by atoms with van der Waals surface area (Å²) in [7, 11) is 0. The lowest BCUT2D eigenvalue weighted by Gasteiger charge is -2.09. The summed E-state index contributed by atoms with van der Waals surface area (Å²) in [6.07, 6.45) is 0.139. The Morgan fingerprint density at radius 3 is 2.62 bits per heavy atom. The molecule has 0 saturated heterocycles. The van der Waals surface area contributed by atoms with E-state index in [1.54, 1.807) is 24.3 Å². The van der Waals surface area contributed by atoms with Crippen LogP contribution in [-0.2, 0) is 9.47 Å². The van der Waals surface area contributed by atoms with Crippen LogP contribution >= 0.6 is 0 Å². The Balaban J connectivity index is 2.39. The maximum atomic E-state index is 11.6. The molecule has 0 radical (unpaired) electrons. The van der Waals surface area contributed by atoms with Gasteiger partial charge in [-0.05, 0) is 26.0 Å². The Kier molecular flexibility index (Phi) is 4.79. The number of hydrogen-bond acceptors (Lipinski definition) is 4. The number of rotatable bonds is 5. The normalized spacial score (nSPS) is 10.4. The molecule has 0 heterocycles. The van der Waals surface area contributed by atoms with Crippen molar-refractivity contribution in [3.05, 3.63) is 29.8 Å². The monoisotopic (exact) mass is 223 g/mol. The van der Waals surface area contributed by atoms with Crippen molar-refractivity contribution in [2.75, 3.05) is 18.9 Å². The highest BCUT2D eigenvalue weighted by molar-refractivity contribution is 5.94. The van der Waals surface area contributed by atoms with Gasteiger partial charge in [-0.15, -0.1) is 0 Å². The zero-order valence-electron chi connectivity index (χ0n) is 9.60. The molecule has 0 aromatic heterocycles. The number of nitrogen functional groups attached to an aromatic ring is 1. The molecule has 0 saturated carbocycles. The quantitative estimate of drug-likeness (QED) is 0.470. The van der Waals surface area contributed by atoms with Crippen molar-refractivity contribution in [2.24, 2.45) is 0 Å². The first kappa shape index (κ1) is 12.5. The van der Waals surface area contributed by atoms with Crippen molar-refractivity contribution < 1.29 is 14.3 Å². The van der Waals surface area contributed by atoms with Gasteiger partial charge in [0.15, 0.2) is 0 Å². The first-order valence-corrected chi connectivity index (χ1v) is 5.24. The molecular weight excluding hydrogens is 206 g/mol. The third-order valence-corrected chi connectivity index (χ3v) is 1.95. The third-order valence-electron chi connectivity index (χ3n) is 1.95. The van der Waals surface area contributed by atoms with E-state index in [2.05, 4.69) is 0 Å². The molecule has 0 atom stereocenters. The van der Waals surface area contributed by atoms with Crippen molar-refractivity contribution in [1.29, 1.82) is 0 Å². The third kappa shape index (κ3) is 3.90. The molecule has 0 unspecified atom stereocenters. The molecule has 0 bridgehead atoms. The number of hydrogen-bond donors (Lipinski definition) is 1. The van der Waals surface area contributed by atoms with Gasteiger partial charge in [-0.2, -0.15) is 0 Å². The van der Waals surface area contributed by atoms with Crippen LogP contribution in [0.5, 0.6) is 0 Å². The minimum atomic E-state index is -0.412. The summed E-state index contributed by atoms with van der Waals surface area (Å²) in [5.41, 5.74) is 6.47. The summed E-state index contributed by atoms with van der Waals surface area (Å²) in [6, 6.07) is 6.83. The van der Waals surface area contributed by atoms with Crippen LogP contribution in [0.3, 0.4) is 0 Å². The van der Waals surface area contributed by atoms with E-state index in [1.807, 2.05) is 13.8 Å². The fraction of sp³-hybridized carbons (Fsp3) is 0.417. The molecule has 2 N–H and O–H groups in total. The average molecular weight is 223 g/mol. The van der Waals surface area contributed by atoms with Crippen molar-refractivity contribution in [3.8, 4) is 0 Å². The predicted molar refractivity (Wildman–Crippen MR) is 62.2 cm³/mol. The molecule has 4 heteroatoms. The van der Waals surface area contributed by atoms with Crippen LogP contribution in [0.4, 0.5) is 5.69 Å². The molecule has 0 aliphatic carbocycles. The number of carbonyl (C=O) groups is 1. The van der Waals surface area contributed by atoms with Gasteiger partial charge in [0.25, 0.3) is 0 Å². The first-order chi connectivity index (χ1) is 7.61.